The number of hydrogen-bond acceptors (Lipinski definition) is 4. The van der Waals surface area contributed by atoms with Gasteiger partial charge < -0.3 is 20.0 Å². The Kier molecular flexibility index (Phi) is 9.66. The Hall–Kier alpha value is -3.42. The highest BCUT2D eigenvalue weighted by Gasteiger charge is 2.49. The van der Waals surface area contributed by atoms with Gasteiger partial charge in [0.15, 0.2) is 0 Å². The Morgan fingerprint density at radius 3 is 2.38 bits per heavy atom. The minimum absolute atomic E-state index is 0.0125. The lowest BCUT2D eigenvalue weighted by Crippen LogP contribution is -2.53. The maximum atomic E-state index is 14.6. The number of carboxylic acids is 1. The van der Waals surface area contributed by atoms with Crippen LogP contribution in [-0.2, 0) is 14.4 Å². The SMILES string of the molecule is C=CC1=C(C=C)CC(N2c3cc(F)ccc3C(N(CCC)C(=O)CCC(=O)O)C3CCCC32)C1.O=CO. The van der Waals surface area contributed by atoms with Crippen LogP contribution in [0.25, 0.3) is 0 Å². The lowest BCUT2D eigenvalue weighted by atomic mass is 9.80. The van der Waals surface area contributed by atoms with Crippen molar-refractivity contribution in [3.63, 3.8) is 0 Å². The second kappa shape index (κ2) is 12.7. The molecule has 1 saturated carbocycles. The molecule has 3 aliphatic rings. The van der Waals surface area contributed by atoms with Gasteiger partial charge in [-0.3, -0.25) is 14.4 Å². The Balaban J connectivity index is 0.00000121. The van der Waals surface area contributed by atoms with Crippen LogP contribution in [0.5, 0.6) is 0 Å². The number of carboxylic acid groups (broad SMARTS) is 2. The summed E-state index contributed by atoms with van der Waals surface area (Å²) in [4.78, 5) is 37.1. The van der Waals surface area contributed by atoms with E-state index in [0.29, 0.717) is 6.54 Å². The molecule has 2 aliphatic carbocycles. The highest BCUT2D eigenvalue weighted by atomic mass is 19.1. The Bertz CT molecular complexity index is 1050. The Labute approximate surface area is 218 Å². The van der Waals surface area contributed by atoms with Crippen LogP contribution < -0.4 is 4.90 Å². The average molecular weight is 513 g/mol. The molecule has 0 aromatic heterocycles. The number of benzene rings is 1. The zero-order chi connectivity index (χ0) is 27.1. The number of carbonyl (C=O) groups excluding carboxylic acids is 1. The van der Waals surface area contributed by atoms with E-state index in [1.54, 1.807) is 6.07 Å². The first kappa shape index (κ1) is 28.2. The number of carbonyl (C=O) groups is 3. The monoisotopic (exact) mass is 512 g/mol. The van der Waals surface area contributed by atoms with Crippen LogP contribution in [0.2, 0.25) is 0 Å². The fourth-order valence-corrected chi connectivity index (χ4v) is 6.43. The molecule has 37 heavy (non-hydrogen) atoms. The highest BCUT2D eigenvalue weighted by molar-refractivity contribution is 5.81. The van der Waals surface area contributed by atoms with E-state index in [9.17, 15) is 14.0 Å². The topological polar surface area (TPSA) is 98.2 Å². The number of aliphatic carboxylic acids is 1. The maximum Gasteiger partial charge on any atom is 0.303 e. The summed E-state index contributed by atoms with van der Waals surface area (Å²) in [5.74, 6) is -1.14. The second-order valence-electron chi connectivity index (χ2n) is 9.82. The smallest absolute Gasteiger partial charge is 0.303 e. The molecule has 3 unspecified atom stereocenters. The molecule has 1 aromatic rings. The van der Waals surface area contributed by atoms with Gasteiger partial charge in [0, 0.05) is 36.7 Å². The van der Waals surface area contributed by atoms with Crippen molar-refractivity contribution in [3.05, 3.63) is 66.0 Å². The van der Waals surface area contributed by atoms with Gasteiger partial charge in [-0.1, -0.05) is 44.7 Å². The molecule has 1 amide bonds. The van der Waals surface area contributed by atoms with Gasteiger partial charge in [-0.15, -0.1) is 0 Å². The Morgan fingerprint density at radius 1 is 1.16 bits per heavy atom. The first-order chi connectivity index (χ1) is 17.8. The molecular formula is C29H37FN2O5. The molecular weight excluding hydrogens is 475 g/mol. The standard InChI is InChI=1S/C28H35FN2O3.CH2O2/c1-4-14-30(26(32)12-13-27(33)34)28-22-8-7-9-24(22)31(25-17-20(29)10-11-23(25)28)21-15-18(5-2)19(6-3)16-21;2-1-3/h5-6,10-11,17,21-22,24,28H,2-4,7-9,12-16H2,1H3,(H,33,34);1H,(H,2,3). The summed E-state index contributed by atoms with van der Waals surface area (Å²) in [5, 5.41) is 16.0. The van der Waals surface area contributed by atoms with Gasteiger partial charge in [0.1, 0.15) is 5.82 Å². The van der Waals surface area contributed by atoms with Gasteiger partial charge in [-0.05, 0) is 60.9 Å². The molecule has 0 saturated heterocycles. The third-order valence-corrected chi connectivity index (χ3v) is 7.77. The predicted octanol–water partition coefficient (Wildman–Crippen LogP) is 5.49. The molecule has 2 N–H and O–H groups in total. The van der Waals surface area contributed by atoms with Crippen molar-refractivity contribution in [2.45, 2.75) is 76.4 Å². The normalized spacial score (nSPS) is 22.4. The largest absolute Gasteiger partial charge is 0.483 e. The average Bonchev–Trinajstić information content (AvgIpc) is 3.52. The molecule has 8 heteroatoms. The van der Waals surface area contributed by atoms with Crippen molar-refractivity contribution >= 4 is 24.0 Å². The van der Waals surface area contributed by atoms with Gasteiger partial charge in [0.25, 0.3) is 6.47 Å². The van der Waals surface area contributed by atoms with Crippen LogP contribution in [0, 0.1) is 11.7 Å². The molecule has 1 heterocycles. The zero-order valence-corrected chi connectivity index (χ0v) is 21.4. The van der Waals surface area contributed by atoms with Crippen LogP contribution in [-0.4, -0.2) is 52.1 Å². The van der Waals surface area contributed by atoms with Crippen LogP contribution in [0.1, 0.15) is 69.9 Å². The van der Waals surface area contributed by atoms with Crippen molar-refractivity contribution in [1.29, 1.82) is 0 Å². The number of anilines is 1. The van der Waals surface area contributed by atoms with Gasteiger partial charge in [0.2, 0.25) is 5.91 Å². The van der Waals surface area contributed by atoms with Gasteiger partial charge in [0.05, 0.1) is 12.5 Å². The van der Waals surface area contributed by atoms with E-state index < -0.39 is 5.97 Å². The van der Waals surface area contributed by atoms with Crippen molar-refractivity contribution < 1.29 is 29.0 Å². The van der Waals surface area contributed by atoms with E-state index in [1.807, 2.05) is 30.0 Å². The van der Waals surface area contributed by atoms with Crippen molar-refractivity contribution in [2.24, 2.45) is 5.92 Å². The molecule has 1 aliphatic heterocycles. The first-order valence-electron chi connectivity index (χ1n) is 12.9. The van der Waals surface area contributed by atoms with E-state index in [0.717, 1.165) is 49.8 Å². The molecule has 0 spiro atoms. The van der Waals surface area contributed by atoms with E-state index in [1.165, 1.54) is 17.2 Å². The van der Waals surface area contributed by atoms with Crippen molar-refractivity contribution in [1.82, 2.24) is 4.90 Å². The number of hydrogen-bond donors (Lipinski definition) is 2. The van der Waals surface area contributed by atoms with Gasteiger partial charge in [-0.2, -0.15) is 0 Å². The maximum absolute atomic E-state index is 14.6. The number of rotatable bonds is 9. The molecule has 0 radical (unpaired) electrons. The minimum Gasteiger partial charge on any atom is -0.483 e. The summed E-state index contributed by atoms with van der Waals surface area (Å²) in [5.41, 5.74) is 4.25. The quantitative estimate of drug-likeness (QED) is 0.425. The van der Waals surface area contributed by atoms with E-state index >= 15 is 0 Å². The van der Waals surface area contributed by atoms with Crippen molar-refractivity contribution in [2.75, 3.05) is 11.4 Å². The van der Waals surface area contributed by atoms with E-state index in [-0.39, 0.29) is 55.1 Å². The van der Waals surface area contributed by atoms with E-state index in [2.05, 4.69) is 18.1 Å². The van der Waals surface area contributed by atoms with Crippen LogP contribution in [0.3, 0.4) is 0 Å². The lowest BCUT2D eigenvalue weighted by molar-refractivity contribution is -0.142. The number of nitrogens with zero attached hydrogens (tertiary/aromatic N) is 2. The third kappa shape index (κ3) is 5.95. The van der Waals surface area contributed by atoms with Gasteiger partial charge >= 0.3 is 5.97 Å². The van der Waals surface area contributed by atoms with Crippen LogP contribution in [0.15, 0.2) is 54.7 Å². The summed E-state index contributed by atoms with van der Waals surface area (Å²) in [6, 6.07) is 5.22. The number of amides is 1. The van der Waals surface area contributed by atoms with Gasteiger partial charge in [-0.25, -0.2) is 4.39 Å². The number of fused-ring (bicyclic) bond motifs is 2. The number of allylic oxidation sites excluding steroid dienone is 2. The lowest BCUT2D eigenvalue weighted by Gasteiger charge is -2.51. The minimum atomic E-state index is -0.967. The molecule has 1 fully saturated rings. The molecule has 0 bridgehead atoms. The first-order valence-corrected chi connectivity index (χ1v) is 12.9. The second-order valence-corrected chi connectivity index (χ2v) is 9.82. The fraction of sp³-hybridized carbons (Fsp3) is 0.483. The summed E-state index contributed by atoms with van der Waals surface area (Å²) in [6.45, 7) is 10.3. The molecule has 1 aromatic carbocycles. The summed E-state index contributed by atoms with van der Waals surface area (Å²) in [7, 11) is 0. The molecule has 3 atom stereocenters. The number of halogens is 1. The van der Waals surface area contributed by atoms with Crippen LogP contribution in [0.4, 0.5) is 10.1 Å². The molecule has 7 nitrogen and oxygen atoms in total. The predicted molar refractivity (Wildman–Crippen MR) is 141 cm³/mol. The zero-order valence-electron chi connectivity index (χ0n) is 21.4. The summed E-state index contributed by atoms with van der Waals surface area (Å²) < 4.78 is 14.6. The molecule has 200 valence electrons. The van der Waals surface area contributed by atoms with Crippen molar-refractivity contribution in [3.8, 4) is 0 Å². The Morgan fingerprint density at radius 2 is 1.81 bits per heavy atom. The molecule has 4 rings (SSSR count). The van der Waals surface area contributed by atoms with Crippen LogP contribution >= 0.6 is 0 Å². The fourth-order valence-electron chi connectivity index (χ4n) is 6.43. The third-order valence-electron chi connectivity index (χ3n) is 7.77. The summed E-state index contributed by atoms with van der Waals surface area (Å²) in [6.07, 6.45) is 9.18. The van der Waals surface area contributed by atoms with E-state index in [4.69, 9.17) is 15.0 Å². The summed E-state index contributed by atoms with van der Waals surface area (Å²) >= 11 is 0. The highest BCUT2D eigenvalue weighted by Crippen LogP contribution is 2.53.